The summed E-state index contributed by atoms with van der Waals surface area (Å²) in [7, 11) is 0. The van der Waals surface area contributed by atoms with Crippen LogP contribution in [0.15, 0.2) is 93.7 Å². The minimum atomic E-state index is -0.00761. The van der Waals surface area contributed by atoms with Crippen LogP contribution in [0.5, 0.6) is 0 Å². The van der Waals surface area contributed by atoms with Crippen LogP contribution in [-0.2, 0) is 0 Å². The zero-order valence-corrected chi connectivity index (χ0v) is 39.7. The third kappa shape index (κ3) is 21.8. The molecule has 0 heterocycles. The molecule has 2 rings (SSSR count). The average Bonchev–Trinajstić information content (AvgIpc) is 3.17. The Morgan fingerprint density at radius 3 is 1.33 bits per heavy atom. The molecule has 0 amide bonds. The summed E-state index contributed by atoms with van der Waals surface area (Å²) in [6.07, 6.45) is 37.8. The number of fused-ring (bicyclic) bond motifs is 1. The lowest BCUT2D eigenvalue weighted by Crippen LogP contribution is -2.20. The molecule has 2 heteroatoms. The van der Waals surface area contributed by atoms with Gasteiger partial charge in [0.25, 0.3) is 0 Å². The molecule has 0 saturated carbocycles. The van der Waals surface area contributed by atoms with Gasteiger partial charge in [-0.05, 0) is 149 Å². The van der Waals surface area contributed by atoms with E-state index in [1.807, 2.05) is 12.1 Å². The molecular formula is C56H88O2. The van der Waals surface area contributed by atoms with Crippen LogP contribution in [0.2, 0.25) is 0 Å². The number of benzene rings is 1. The summed E-state index contributed by atoms with van der Waals surface area (Å²) in [5.41, 5.74) is 9.87. The van der Waals surface area contributed by atoms with E-state index in [4.69, 9.17) is 0 Å². The number of carbonyl (C=O) groups excluding carboxylic acids is 2. The second-order valence-corrected chi connectivity index (χ2v) is 19.3. The molecule has 0 bridgehead atoms. The summed E-state index contributed by atoms with van der Waals surface area (Å²) in [4.78, 5) is 25.8. The zero-order chi connectivity index (χ0) is 42.9. The minimum absolute atomic E-state index is 0.00761. The van der Waals surface area contributed by atoms with Crippen molar-refractivity contribution in [3.05, 3.63) is 105 Å². The Kier molecular flexibility index (Phi) is 25.8. The number of Topliss-reactive ketones (excluding diaryl/α,β-unsaturated/α-hetero) is 2. The second kappa shape index (κ2) is 29.3. The monoisotopic (exact) mass is 793 g/mol. The highest BCUT2D eigenvalue weighted by Gasteiger charge is 2.28. The molecule has 0 aliphatic heterocycles. The second-order valence-electron chi connectivity index (χ2n) is 19.3. The molecule has 0 fully saturated rings. The van der Waals surface area contributed by atoms with Crippen LogP contribution >= 0.6 is 0 Å². The topological polar surface area (TPSA) is 34.1 Å². The van der Waals surface area contributed by atoms with Gasteiger partial charge in [-0.25, -0.2) is 0 Å². The van der Waals surface area contributed by atoms with Crippen molar-refractivity contribution in [1.29, 1.82) is 0 Å². The fourth-order valence-corrected chi connectivity index (χ4v) is 8.42. The average molecular weight is 793 g/mol. The van der Waals surface area contributed by atoms with Crippen LogP contribution in [0.3, 0.4) is 0 Å². The third-order valence-electron chi connectivity index (χ3n) is 12.8. The summed E-state index contributed by atoms with van der Waals surface area (Å²) >= 11 is 0. The Morgan fingerprint density at radius 1 is 0.466 bits per heavy atom. The number of hydrogen-bond donors (Lipinski definition) is 0. The van der Waals surface area contributed by atoms with Gasteiger partial charge in [0.1, 0.15) is 0 Å². The zero-order valence-electron chi connectivity index (χ0n) is 39.7. The molecule has 0 unspecified atom stereocenters. The third-order valence-corrected chi connectivity index (χ3v) is 12.8. The van der Waals surface area contributed by atoms with E-state index in [0.717, 1.165) is 42.9 Å². The highest BCUT2D eigenvalue weighted by atomic mass is 16.1. The first-order valence-corrected chi connectivity index (χ1v) is 23.8. The van der Waals surface area contributed by atoms with Gasteiger partial charge in [0.15, 0.2) is 11.6 Å². The molecule has 324 valence electrons. The van der Waals surface area contributed by atoms with E-state index in [2.05, 4.69) is 99.6 Å². The van der Waals surface area contributed by atoms with Crippen molar-refractivity contribution < 1.29 is 9.59 Å². The molecule has 0 aromatic heterocycles. The van der Waals surface area contributed by atoms with Crippen LogP contribution in [0.1, 0.15) is 232 Å². The van der Waals surface area contributed by atoms with E-state index in [1.165, 1.54) is 120 Å². The summed E-state index contributed by atoms with van der Waals surface area (Å²) in [6.45, 7) is 25.2. The van der Waals surface area contributed by atoms with Gasteiger partial charge in [0, 0.05) is 22.3 Å². The van der Waals surface area contributed by atoms with E-state index in [1.54, 1.807) is 35.8 Å². The van der Waals surface area contributed by atoms with Crippen molar-refractivity contribution in [3.63, 3.8) is 0 Å². The largest absolute Gasteiger partial charge is 0.289 e. The lowest BCUT2D eigenvalue weighted by atomic mass is 9.83. The van der Waals surface area contributed by atoms with Crippen LogP contribution < -0.4 is 0 Å². The number of carbonyl (C=O) groups is 2. The lowest BCUT2D eigenvalue weighted by molar-refractivity contribution is 0.0973. The minimum Gasteiger partial charge on any atom is -0.289 e. The van der Waals surface area contributed by atoms with Gasteiger partial charge in [-0.15, -0.1) is 0 Å². The maximum atomic E-state index is 13.1. The van der Waals surface area contributed by atoms with E-state index < -0.39 is 0 Å². The Morgan fingerprint density at radius 2 is 0.845 bits per heavy atom. The van der Waals surface area contributed by atoms with Gasteiger partial charge < -0.3 is 0 Å². The first-order valence-electron chi connectivity index (χ1n) is 23.8. The van der Waals surface area contributed by atoms with Crippen molar-refractivity contribution in [2.45, 2.75) is 211 Å². The van der Waals surface area contributed by atoms with Gasteiger partial charge in [0.2, 0.25) is 0 Å². The van der Waals surface area contributed by atoms with Crippen molar-refractivity contribution in [3.8, 4) is 0 Å². The van der Waals surface area contributed by atoms with Crippen molar-refractivity contribution in [2.24, 2.45) is 23.7 Å². The maximum absolute atomic E-state index is 13.1. The van der Waals surface area contributed by atoms with Crippen LogP contribution in [0, 0.1) is 23.7 Å². The Labute approximate surface area is 359 Å². The molecule has 2 nitrogen and oxygen atoms in total. The standard InChI is InChI=1S/C56H88O2/c1-42(2)22-14-23-43(3)24-15-25-44(4)26-16-27-45(5)28-17-29-46(6)30-18-31-47(7)32-19-33-48(8)34-20-35-49(9)36-21-37-50(10)40-41-52-51(11)55(57)53-38-12-13-39-54(53)56(52)58/h12-13,26,28,30,32,38-40,42-43,48-49H,14-25,27,29,31,33-37,41H2,1-11H3/t43-,48-,49-/m0/s1. The van der Waals surface area contributed by atoms with E-state index in [9.17, 15) is 9.59 Å². The predicted molar refractivity (Wildman–Crippen MR) is 256 cm³/mol. The fraction of sp³-hybridized carbons (Fsp3) is 0.643. The van der Waals surface area contributed by atoms with E-state index >= 15 is 0 Å². The molecule has 3 atom stereocenters. The molecule has 0 radical (unpaired) electrons. The number of allylic oxidation sites excluding steroid dienone is 12. The van der Waals surface area contributed by atoms with Gasteiger partial charge in [0.05, 0.1) is 0 Å². The smallest absolute Gasteiger partial charge is 0.190 e. The summed E-state index contributed by atoms with van der Waals surface area (Å²) in [5.74, 6) is 3.25. The van der Waals surface area contributed by atoms with E-state index in [0.29, 0.717) is 28.7 Å². The molecule has 0 N–H and O–H groups in total. The highest BCUT2D eigenvalue weighted by molar-refractivity contribution is 6.26. The van der Waals surface area contributed by atoms with Crippen LogP contribution in [0.25, 0.3) is 0 Å². The maximum Gasteiger partial charge on any atom is 0.190 e. The molecule has 0 saturated heterocycles. The van der Waals surface area contributed by atoms with Crippen LogP contribution in [0.4, 0.5) is 0 Å². The normalized spacial score (nSPS) is 16.4. The van der Waals surface area contributed by atoms with Gasteiger partial charge >= 0.3 is 0 Å². The van der Waals surface area contributed by atoms with Crippen molar-refractivity contribution in [2.75, 3.05) is 0 Å². The molecule has 0 spiro atoms. The first kappa shape index (κ1) is 51.1. The van der Waals surface area contributed by atoms with Gasteiger partial charge in [-0.1, -0.05) is 168 Å². The fourth-order valence-electron chi connectivity index (χ4n) is 8.42. The van der Waals surface area contributed by atoms with Crippen molar-refractivity contribution >= 4 is 11.6 Å². The van der Waals surface area contributed by atoms with Gasteiger partial charge in [-0.2, -0.15) is 0 Å². The molecular weight excluding hydrogens is 705 g/mol. The Bertz CT molecular complexity index is 1570. The molecule has 1 aliphatic carbocycles. The van der Waals surface area contributed by atoms with Gasteiger partial charge in [-0.3, -0.25) is 9.59 Å². The molecule has 58 heavy (non-hydrogen) atoms. The van der Waals surface area contributed by atoms with E-state index in [-0.39, 0.29) is 11.6 Å². The Balaban J connectivity index is 1.53. The molecule has 1 aromatic carbocycles. The summed E-state index contributed by atoms with van der Waals surface area (Å²) < 4.78 is 0. The SMILES string of the molecule is CC(=CCCC(C)=CCC[C@H](C)CCC[C@H](C)CCCC(C)=CCC1=C(C)C(=O)c2ccccc2C1=O)CCC=C(C)CCC=C(C)CCC[C@@H](C)CCCC(C)C. The first-order chi connectivity index (χ1) is 27.7. The number of ketones is 2. The summed E-state index contributed by atoms with van der Waals surface area (Å²) in [6, 6.07) is 7.21. The number of rotatable bonds is 30. The lowest BCUT2D eigenvalue weighted by Gasteiger charge is -2.18. The highest BCUT2D eigenvalue weighted by Crippen LogP contribution is 2.29. The molecule has 1 aromatic rings. The Hall–Kier alpha value is -3.00. The number of hydrogen-bond acceptors (Lipinski definition) is 2. The predicted octanol–water partition coefficient (Wildman–Crippen LogP) is 17.9. The van der Waals surface area contributed by atoms with Crippen LogP contribution in [-0.4, -0.2) is 11.6 Å². The summed E-state index contributed by atoms with van der Waals surface area (Å²) in [5, 5.41) is 0. The quantitative estimate of drug-likeness (QED) is 0.0727. The molecule has 1 aliphatic rings. The van der Waals surface area contributed by atoms with Crippen molar-refractivity contribution in [1.82, 2.24) is 0 Å².